The average Bonchev–Trinajstić information content (AvgIpc) is 2.83. The van der Waals surface area contributed by atoms with E-state index in [1.165, 1.54) is 23.0 Å². The molecule has 0 spiro atoms. The second-order valence-electron chi connectivity index (χ2n) is 3.04. The van der Waals surface area contributed by atoms with Crippen LogP contribution in [0.25, 0.3) is 11.5 Å². The first-order valence-corrected chi connectivity index (χ1v) is 4.30. The minimum absolute atomic E-state index is 0.253. The molecule has 2 aromatic rings. The van der Waals surface area contributed by atoms with Crippen molar-refractivity contribution in [2.75, 3.05) is 0 Å². The van der Waals surface area contributed by atoms with Gasteiger partial charge in [-0.25, -0.2) is 0 Å². The van der Waals surface area contributed by atoms with Gasteiger partial charge in [0, 0.05) is 7.05 Å². The summed E-state index contributed by atoms with van der Waals surface area (Å²) in [5.41, 5.74) is 0.738. The van der Waals surface area contributed by atoms with Gasteiger partial charge in [-0.05, 0) is 6.07 Å². The Morgan fingerprint density at radius 3 is 2.94 bits per heavy atom. The van der Waals surface area contributed by atoms with E-state index >= 15 is 0 Å². The largest absolute Gasteiger partial charge is 0.433 e. The van der Waals surface area contributed by atoms with Crippen molar-refractivity contribution < 1.29 is 9.34 Å². The van der Waals surface area contributed by atoms with E-state index < -0.39 is 4.92 Å². The molecule has 2 rings (SSSR count). The minimum atomic E-state index is -0.633. The molecule has 0 radical (unpaired) electrons. The fourth-order valence-corrected chi connectivity index (χ4v) is 1.36. The Morgan fingerprint density at radius 1 is 1.62 bits per heavy atom. The number of nitrogens with zero attached hydrogens (tertiary/aromatic N) is 4. The van der Waals surface area contributed by atoms with E-state index in [2.05, 4.69) is 5.10 Å². The molecule has 0 aliphatic carbocycles. The van der Waals surface area contributed by atoms with Crippen molar-refractivity contribution in [2.24, 2.45) is 7.05 Å². The van der Waals surface area contributed by atoms with Crippen LogP contribution in [-0.2, 0) is 7.05 Å². The quantitative estimate of drug-likeness (QED) is 0.561. The summed E-state index contributed by atoms with van der Waals surface area (Å²) in [6.07, 6.45) is 1.38. The first-order valence-electron chi connectivity index (χ1n) is 4.30. The highest BCUT2D eigenvalue weighted by Gasteiger charge is 2.18. The first-order chi connectivity index (χ1) is 7.63. The van der Waals surface area contributed by atoms with Gasteiger partial charge in [0.1, 0.15) is 22.2 Å². The molecule has 0 unspecified atom stereocenters. The van der Waals surface area contributed by atoms with Crippen LogP contribution in [0.3, 0.4) is 0 Å². The fourth-order valence-electron chi connectivity index (χ4n) is 1.36. The van der Waals surface area contributed by atoms with E-state index in [0.29, 0.717) is 11.3 Å². The molecule has 0 fully saturated rings. The predicted octanol–water partition coefficient (Wildman–Crippen LogP) is 1.46. The van der Waals surface area contributed by atoms with Crippen molar-refractivity contribution in [1.82, 2.24) is 9.78 Å². The van der Waals surface area contributed by atoms with Crippen LogP contribution in [0.15, 0.2) is 22.7 Å². The molecule has 0 aliphatic rings. The van der Waals surface area contributed by atoms with Crippen molar-refractivity contribution in [3.05, 3.63) is 34.0 Å². The molecule has 0 aliphatic heterocycles. The summed E-state index contributed by atoms with van der Waals surface area (Å²) >= 11 is 0. The molecule has 0 saturated heterocycles. The number of aryl methyl sites for hydroxylation is 1. The Kier molecular flexibility index (Phi) is 2.17. The molecule has 16 heavy (non-hydrogen) atoms. The highest BCUT2D eigenvalue weighted by Crippen LogP contribution is 2.27. The molecule has 0 atom stereocenters. The second kappa shape index (κ2) is 3.51. The zero-order valence-corrected chi connectivity index (χ0v) is 8.25. The van der Waals surface area contributed by atoms with Gasteiger partial charge in [-0.2, -0.15) is 10.4 Å². The third-order valence-corrected chi connectivity index (χ3v) is 2.06. The van der Waals surface area contributed by atoms with Crippen LogP contribution in [0.5, 0.6) is 0 Å². The zero-order valence-electron chi connectivity index (χ0n) is 8.25. The summed E-state index contributed by atoms with van der Waals surface area (Å²) in [5.74, 6) is -0.108. The Labute approximate surface area is 89.7 Å². The smallest absolute Gasteiger partial charge is 0.399 e. The van der Waals surface area contributed by atoms with Crippen molar-refractivity contribution in [1.29, 1.82) is 5.26 Å². The maximum atomic E-state index is 10.4. The number of rotatable bonds is 2. The molecule has 0 bridgehead atoms. The van der Waals surface area contributed by atoms with Crippen LogP contribution in [0.2, 0.25) is 0 Å². The summed E-state index contributed by atoms with van der Waals surface area (Å²) in [6, 6.07) is 4.62. The average molecular weight is 218 g/mol. The Morgan fingerprint density at radius 2 is 2.38 bits per heavy atom. The summed E-state index contributed by atoms with van der Waals surface area (Å²) in [4.78, 5) is 9.81. The van der Waals surface area contributed by atoms with E-state index in [1.807, 2.05) is 6.07 Å². The molecule has 80 valence electrons. The van der Waals surface area contributed by atoms with Gasteiger partial charge in [0.15, 0.2) is 5.76 Å². The van der Waals surface area contributed by atoms with Crippen molar-refractivity contribution in [3.8, 4) is 17.5 Å². The molecule has 2 aromatic heterocycles. The van der Waals surface area contributed by atoms with E-state index in [4.69, 9.17) is 9.68 Å². The van der Waals surface area contributed by atoms with Crippen molar-refractivity contribution >= 4 is 5.88 Å². The molecule has 7 heteroatoms. The number of furan rings is 1. The van der Waals surface area contributed by atoms with Crippen LogP contribution in [0.4, 0.5) is 5.88 Å². The van der Waals surface area contributed by atoms with Crippen LogP contribution in [0.1, 0.15) is 5.56 Å². The molecule has 0 aromatic carbocycles. The summed E-state index contributed by atoms with van der Waals surface area (Å²) < 4.78 is 6.43. The van der Waals surface area contributed by atoms with Gasteiger partial charge in [-0.1, -0.05) is 0 Å². The highest BCUT2D eigenvalue weighted by molar-refractivity contribution is 5.62. The summed E-state index contributed by atoms with van der Waals surface area (Å²) in [7, 11) is 1.63. The molecule has 0 saturated carbocycles. The lowest BCUT2D eigenvalue weighted by Crippen LogP contribution is -1.93. The zero-order chi connectivity index (χ0) is 11.7. The van der Waals surface area contributed by atoms with Gasteiger partial charge in [-0.15, -0.1) is 0 Å². The Bertz CT molecular complexity index is 590. The number of hydrogen-bond acceptors (Lipinski definition) is 5. The number of aromatic nitrogens is 2. The summed E-state index contributed by atoms with van der Waals surface area (Å²) in [5, 5.41) is 23.2. The van der Waals surface area contributed by atoms with Crippen LogP contribution < -0.4 is 0 Å². The first kappa shape index (κ1) is 9.92. The Balaban J connectivity index is 2.55. The molecule has 2 heterocycles. The van der Waals surface area contributed by atoms with Crippen molar-refractivity contribution in [3.63, 3.8) is 0 Å². The number of nitriles is 1. The molecular formula is C9H6N4O3. The molecule has 0 amide bonds. The lowest BCUT2D eigenvalue weighted by Gasteiger charge is -1.96. The second-order valence-corrected chi connectivity index (χ2v) is 3.04. The van der Waals surface area contributed by atoms with E-state index in [-0.39, 0.29) is 11.6 Å². The lowest BCUT2D eigenvalue weighted by molar-refractivity contribution is -0.401. The van der Waals surface area contributed by atoms with Crippen molar-refractivity contribution in [2.45, 2.75) is 0 Å². The minimum Gasteiger partial charge on any atom is -0.399 e. The fraction of sp³-hybridized carbons (Fsp3) is 0.111. The SMILES string of the molecule is Cn1ncc(C#N)c1-c1ccc([N+](=O)[O-])o1. The topological polar surface area (TPSA) is 97.9 Å². The maximum Gasteiger partial charge on any atom is 0.433 e. The van der Waals surface area contributed by atoms with E-state index in [1.54, 1.807) is 7.05 Å². The van der Waals surface area contributed by atoms with Gasteiger partial charge in [0.25, 0.3) is 0 Å². The maximum absolute atomic E-state index is 10.4. The molecular weight excluding hydrogens is 212 g/mol. The predicted molar refractivity (Wildman–Crippen MR) is 52.3 cm³/mol. The van der Waals surface area contributed by atoms with Crippen LogP contribution in [0, 0.1) is 21.4 Å². The number of nitro groups is 1. The molecule has 0 N–H and O–H groups in total. The van der Waals surface area contributed by atoms with Gasteiger partial charge >= 0.3 is 5.88 Å². The highest BCUT2D eigenvalue weighted by atomic mass is 16.6. The third kappa shape index (κ3) is 1.42. The van der Waals surface area contributed by atoms with Crippen LogP contribution >= 0.6 is 0 Å². The van der Waals surface area contributed by atoms with Gasteiger partial charge in [0.2, 0.25) is 0 Å². The van der Waals surface area contributed by atoms with Gasteiger partial charge < -0.3 is 4.42 Å². The lowest BCUT2D eigenvalue weighted by atomic mass is 10.2. The van der Waals surface area contributed by atoms with Crippen LogP contribution in [-0.4, -0.2) is 14.7 Å². The van der Waals surface area contributed by atoms with E-state index in [9.17, 15) is 10.1 Å². The van der Waals surface area contributed by atoms with Gasteiger partial charge in [0.05, 0.1) is 12.3 Å². The summed E-state index contributed by atoms with van der Waals surface area (Å²) in [6.45, 7) is 0. The van der Waals surface area contributed by atoms with Gasteiger partial charge in [-0.3, -0.25) is 14.8 Å². The Hall–Kier alpha value is -2.62. The standard InChI is InChI=1S/C9H6N4O3/c1-12-9(6(4-10)5-11-12)7-2-3-8(16-7)13(14)15/h2-3,5H,1H3. The third-order valence-electron chi connectivity index (χ3n) is 2.06. The number of hydrogen-bond donors (Lipinski definition) is 0. The normalized spacial score (nSPS) is 10.0. The monoisotopic (exact) mass is 218 g/mol. The van der Waals surface area contributed by atoms with E-state index in [0.717, 1.165) is 0 Å². The molecule has 7 nitrogen and oxygen atoms in total.